The van der Waals surface area contributed by atoms with Crippen LogP contribution in [0.15, 0.2) is 30.3 Å². The van der Waals surface area contributed by atoms with Crippen molar-refractivity contribution in [3.63, 3.8) is 0 Å². The number of rotatable bonds is 5. The summed E-state index contributed by atoms with van der Waals surface area (Å²) in [6.07, 6.45) is 1.19. The van der Waals surface area contributed by atoms with E-state index in [0.29, 0.717) is 35.9 Å². The number of aromatic nitrogens is 4. The van der Waals surface area contributed by atoms with Crippen LogP contribution in [0.1, 0.15) is 39.7 Å². The molecule has 0 saturated carbocycles. The number of fused-ring (bicyclic) bond motifs is 1. The summed E-state index contributed by atoms with van der Waals surface area (Å²) in [4.78, 5) is 14.1. The van der Waals surface area contributed by atoms with E-state index in [1.165, 1.54) is 0 Å². The van der Waals surface area contributed by atoms with Gasteiger partial charge in [0.2, 0.25) is 0 Å². The van der Waals surface area contributed by atoms with E-state index in [1.807, 2.05) is 55.8 Å². The van der Waals surface area contributed by atoms with Gasteiger partial charge in [0.1, 0.15) is 11.4 Å². The van der Waals surface area contributed by atoms with Gasteiger partial charge in [0, 0.05) is 25.8 Å². The lowest BCUT2D eigenvalue weighted by Gasteiger charge is -2.33. The van der Waals surface area contributed by atoms with E-state index < -0.39 is 5.60 Å². The highest BCUT2D eigenvalue weighted by atomic mass is 16.7. The van der Waals surface area contributed by atoms with E-state index in [4.69, 9.17) is 19.9 Å². The van der Waals surface area contributed by atoms with Crippen molar-refractivity contribution in [2.24, 2.45) is 0 Å². The number of para-hydroxylation sites is 1. The van der Waals surface area contributed by atoms with Gasteiger partial charge >= 0.3 is 6.09 Å². The van der Waals surface area contributed by atoms with Crippen molar-refractivity contribution in [2.75, 3.05) is 32.7 Å². The first-order valence-electron chi connectivity index (χ1n) is 11.0. The second-order valence-corrected chi connectivity index (χ2v) is 9.04. The van der Waals surface area contributed by atoms with E-state index in [2.05, 4.69) is 15.3 Å². The van der Waals surface area contributed by atoms with Crippen LogP contribution in [0.3, 0.4) is 0 Å². The van der Waals surface area contributed by atoms with Gasteiger partial charge in [0.15, 0.2) is 18.1 Å². The molecule has 1 saturated heterocycles. The Kier molecular flexibility index (Phi) is 6.37. The molecule has 0 aliphatic carbocycles. The van der Waals surface area contributed by atoms with Crippen molar-refractivity contribution in [1.82, 2.24) is 24.9 Å². The first kappa shape index (κ1) is 22.8. The van der Waals surface area contributed by atoms with Crippen molar-refractivity contribution in [3.8, 4) is 17.0 Å². The molecule has 0 bridgehead atoms. The normalized spacial score (nSPS) is 15.1. The second kappa shape index (κ2) is 9.22. The second-order valence-electron chi connectivity index (χ2n) is 9.04. The lowest BCUT2D eigenvalue weighted by atomic mass is 10.1. The largest absolute Gasteiger partial charge is 0.467 e. The van der Waals surface area contributed by atoms with Gasteiger partial charge < -0.3 is 24.8 Å². The molecule has 1 aliphatic heterocycles. The minimum atomic E-state index is -0.515. The number of carbonyl (C=O) groups is 1. The highest BCUT2D eigenvalue weighted by Crippen LogP contribution is 2.33. The quantitative estimate of drug-likeness (QED) is 0.581. The summed E-state index contributed by atoms with van der Waals surface area (Å²) < 4.78 is 18.1. The Morgan fingerprint density at radius 3 is 2.61 bits per heavy atom. The minimum Gasteiger partial charge on any atom is -0.467 e. The third-order valence-corrected chi connectivity index (χ3v) is 5.44. The Hall–Kier alpha value is -3.40. The molecule has 0 unspecified atom stereocenters. The number of hydrogen-bond donors (Lipinski definition) is 1. The Labute approximate surface area is 192 Å². The smallest absolute Gasteiger partial charge is 0.410 e. The predicted octanol–water partition coefficient (Wildman–Crippen LogP) is 3.63. The number of nitrogens with two attached hydrogens (primary N) is 1. The SMILES string of the molecule is COCOc1ccccc1-c1cc2c(nn1)c(N)nn2C1CCN(C(=O)OC(C)(C)C)CC1. The van der Waals surface area contributed by atoms with Gasteiger partial charge in [-0.05, 0) is 51.8 Å². The third kappa shape index (κ3) is 5.00. The summed E-state index contributed by atoms with van der Waals surface area (Å²) >= 11 is 0. The number of hydrogen-bond acceptors (Lipinski definition) is 8. The first-order chi connectivity index (χ1) is 15.8. The van der Waals surface area contributed by atoms with Gasteiger partial charge in [0.25, 0.3) is 0 Å². The molecule has 1 aromatic carbocycles. The Morgan fingerprint density at radius 2 is 1.91 bits per heavy atom. The van der Waals surface area contributed by atoms with E-state index >= 15 is 0 Å². The Balaban J connectivity index is 1.59. The standard InChI is InChI=1S/C23H30N6O4/c1-23(2,3)33-22(30)28-11-9-15(10-12-28)29-18-13-17(25-26-20(18)21(24)27-29)16-7-5-6-8-19(16)32-14-31-4/h5-8,13,15H,9-12,14H2,1-4H3,(H2,24,27). The number of amides is 1. The predicted molar refractivity (Wildman–Crippen MR) is 124 cm³/mol. The molecule has 33 heavy (non-hydrogen) atoms. The van der Waals surface area contributed by atoms with Gasteiger partial charge in [-0.15, -0.1) is 10.2 Å². The average molecular weight is 455 g/mol. The first-order valence-corrected chi connectivity index (χ1v) is 11.0. The van der Waals surface area contributed by atoms with Crippen molar-refractivity contribution < 1.29 is 19.0 Å². The summed E-state index contributed by atoms with van der Waals surface area (Å²) in [5.74, 6) is 0.986. The number of ether oxygens (including phenoxy) is 3. The van der Waals surface area contributed by atoms with Crippen LogP contribution >= 0.6 is 0 Å². The van der Waals surface area contributed by atoms with Crippen LogP contribution in [-0.4, -0.2) is 63.6 Å². The Morgan fingerprint density at radius 1 is 1.18 bits per heavy atom. The number of likely N-dealkylation sites (tertiary alicyclic amines) is 1. The molecule has 1 amide bonds. The van der Waals surface area contributed by atoms with Gasteiger partial charge in [-0.3, -0.25) is 4.68 Å². The monoisotopic (exact) mass is 454 g/mol. The fourth-order valence-electron chi connectivity index (χ4n) is 3.91. The van der Waals surface area contributed by atoms with Crippen molar-refractivity contribution in [3.05, 3.63) is 30.3 Å². The summed E-state index contributed by atoms with van der Waals surface area (Å²) in [7, 11) is 1.57. The van der Waals surface area contributed by atoms with E-state index in [-0.39, 0.29) is 18.9 Å². The van der Waals surface area contributed by atoms with Crippen molar-refractivity contribution >= 4 is 22.9 Å². The zero-order valence-corrected chi connectivity index (χ0v) is 19.4. The molecule has 10 heteroatoms. The summed E-state index contributed by atoms with van der Waals surface area (Å²) in [6.45, 7) is 6.90. The van der Waals surface area contributed by atoms with Crippen LogP contribution in [0, 0.1) is 0 Å². The highest BCUT2D eigenvalue weighted by Gasteiger charge is 2.29. The molecule has 176 valence electrons. The number of methoxy groups -OCH3 is 1. The maximum Gasteiger partial charge on any atom is 0.410 e. The highest BCUT2D eigenvalue weighted by molar-refractivity contribution is 5.87. The van der Waals surface area contributed by atoms with E-state index in [1.54, 1.807) is 12.0 Å². The van der Waals surface area contributed by atoms with Crippen LogP contribution in [0.4, 0.5) is 10.6 Å². The molecular weight excluding hydrogens is 424 g/mol. The molecule has 0 spiro atoms. The number of carbonyl (C=O) groups excluding carboxylic acids is 1. The molecule has 1 aliphatic rings. The molecule has 2 aromatic heterocycles. The lowest BCUT2D eigenvalue weighted by molar-refractivity contribution is 0.0186. The fraction of sp³-hybridized carbons (Fsp3) is 0.478. The molecular formula is C23H30N6O4. The van der Waals surface area contributed by atoms with Gasteiger partial charge in [-0.1, -0.05) is 12.1 Å². The number of nitrogens with zero attached hydrogens (tertiary/aromatic N) is 5. The third-order valence-electron chi connectivity index (χ3n) is 5.44. The zero-order chi connectivity index (χ0) is 23.6. The molecule has 0 radical (unpaired) electrons. The number of benzene rings is 1. The molecule has 0 atom stereocenters. The topological polar surface area (TPSA) is 118 Å². The van der Waals surface area contributed by atoms with E-state index in [0.717, 1.165) is 23.9 Å². The fourth-order valence-corrected chi connectivity index (χ4v) is 3.91. The van der Waals surface area contributed by atoms with Gasteiger partial charge in [-0.2, -0.15) is 5.10 Å². The maximum absolute atomic E-state index is 12.4. The van der Waals surface area contributed by atoms with Crippen molar-refractivity contribution in [1.29, 1.82) is 0 Å². The maximum atomic E-state index is 12.4. The van der Waals surface area contributed by atoms with Crippen LogP contribution < -0.4 is 10.5 Å². The molecule has 2 N–H and O–H groups in total. The van der Waals surface area contributed by atoms with Crippen LogP contribution in [0.2, 0.25) is 0 Å². The van der Waals surface area contributed by atoms with E-state index in [9.17, 15) is 4.79 Å². The van der Waals surface area contributed by atoms with Gasteiger partial charge in [0.05, 0.1) is 17.3 Å². The molecule has 3 aromatic rings. The van der Waals surface area contributed by atoms with Crippen LogP contribution in [-0.2, 0) is 9.47 Å². The average Bonchev–Trinajstić information content (AvgIpc) is 3.12. The summed E-state index contributed by atoms with van der Waals surface area (Å²) in [5.41, 5.74) is 8.45. The summed E-state index contributed by atoms with van der Waals surface area (Å²) in [5, 5.41) is 13.3. The van der Waals surface area contributed by atoms with Crippen LogP contribution in [0.25, 0.3) is 22.3 Å². The number of nitrogen functional groups attached to an aromatic ring is 1. The molecule has 1 fully saturated rings. The van der Waals surface area contributed by atoms with Crippen molar-refractivity contribution in [2.45, 2.75) is 45.3 Å². The van der Waals surface area contributed by atoms with Crippen LogP contribution in [0.5, 0.6) is 5.75 Å². The number of piperidine rings is 1. The molecule has 3 heterocycles. The number of anilines is 1. The minimum absolute atomic E-state index is 0.0838. The molecule has 4 rings (SSSR count). The Bertz CT molecular complexity index is 1130. The lowest BCUT2D eigenvalue weighted by Crippen LogP contribution is -2.42. The van der Waals surface area contributed by atoms with Gasteiger partial charge in [-0.25, -0.2) is 4.79 Å². The molecule has 10 nitrogen and oxygen atoms in total. The zero-order valence-electron chi connectivity index (χ0n) is 19.4. The summed E-state index contributed by atoms with van der Waals surface area (Å²) in [6, 6.07) is 9.60.